The summed E-state index contributed by atoms with van der Waals surface area (Å²) in [6.07, 6.45) is 0.420. The fraction of sp³-hybridized carbons (Fsp3) is 0.273. The van der Waals surface area contributed by atoms with Crippen LogP contribution in [-0.4, -0.2) is 42.4 Å². The molecule has 1 aromatic heterocycles. The van der Waals surface area contributed by atoms with Crippen LogP contribution in [0.25, 0.3) is 11.3 Å². The van der Waals surface area contributed by atoms with E-state index in [9.17, 15) is 4.79 Å². The van der Waals surface area contributed by atoms with E-state index in [2.05, 4.69) is 56.8 Å². The molecule has 2 aromatic carbocycles. The van der Waals surface area contributed by atoms with Gasteiger partial charge in [-0.25, -0.2) is 0 Å². The van der Waals surface area contributed by atoms with Crippen molar-refractivity contribution < 1.29 is 9.53 Å². The topological polar surface area (TPSA) is 70.2 Å². The number of amides is 1. The van der Waals surface area contributed by atoms with Crippen LogP contribution in [0.15, 0.2) is 54.6 Å². The molecule has 1 unspecified atom stereocenters. The predicted molar refractivity (Wildman–Crippen MR) is 109 cm³/mol. The lowest BCUT2D eigenvalue weighted by molar-refractivity contribution is -0.116. The van der Waals surface area contributed by atoms with Crippen LogP contribution in [0.5, 0.6) is 0 Å². The Bertz CT molecular complexity index is 976. The van der Waals surface area contributed by atoms with E-state index in [-0.39, 0.29) is 11.8 Å². The molecule has 2 N–H and O–H groups in total. The number of morpholine rings is 1. The largest absolute Gasteiger partial charge is 0.378 e. The van der Waals surface area contributed by atoms with E-state index >= 15 is 0 Å². The minimum Gasteiger partial charge on any atom is -0.378 e. The number of nitrogens with zero attached hydrogens (tertiary/aromatic N) is 2. The summed E-state index contributed by atoms with van der Waals surface area (Å²) < 4.78 is 5.44. The number of ether oxygens (including phenoxy) is 1. The number of benzene rings is 2. The highest BCUT2D eigenvalue weighted by molar-refractivity contribution is 5.96. The third-order valence-electron chi connectivity index (χ3n) is 5.53. The lowest BCUT2D eigenvalue weighted by Gasteiger charge is -2.29. The van der Waals surface area contributed by atoms with Gasteiger partial charge in [0.25, 0.3) is 0 Å². The average molecular weight is 374 g/mol. The molecule has 0 radical (unpaired) electrons. The Morgan fingerprint density at radius 2 is 1.75 bits per heavy atom. The lowest BCUT2D eigenvalue weighted by Crippen LogP contribution is -2.36. The van der Waals surface area contributed by atoms with Gasteiger partial charge in [-0.05, 0) is 23.3 Å². The second kappa shape index (κ2) is 7.13. The number of hydrogen-bond donors (Lipinski definition) is 2. The van der Waals surface area contributed by atoms with E-state index < -0.39 is 0 Å². The summed E-state index contributed by atoms with van der Waals surface area (Å²) in [4.78, 5) is 14.6. The first-order valence-corrected chi connectivity index (χ1v) is 9.66. The Kier molecular flexibility index (Phi) is 4.33. The number of fused-ring (bicyclic) bond motifs is 1. The maximum atomic E-state index is 12.3. The minimum absolute atomic E-state index is 0.000803. The molecule has 3 aromatic rings. The van der Waals surface area contributed by atoms with Crippen molar-refractivity contribution in [1.29, 1.82) is 0 Å². The first-order chi connectivity index (χ1) is 13.8. The van der Waals surface area contributed by atoms with E-state index in [1.807, 2.05) is 18.2 Å². The van der Waals surface area contributed by atoms with Gasteiger partial charge in [-0.3, -0.25) is 9.89 Å². The fourth-order valence-corrected chi connectivity index (χ4v) is 4.10. The van der Waals surface area contributed by atoms with Gasteiger partial charge < -0.3 is 15.0 Å². The Hall–Kier alpha value is -3.12. The molecule has 1 saturated heterocycles. The van der Waals surface area contributed by atoms with Crippen LogP contribution >= 0.6 is 0 Å². The standard InChI is InChI=1S/C22H22N4O2/c27-19-14-18(15-6-8-17(9-7-15)26-10-12-28-13-11-26)20-21(24-25-22(20)23-19)16-4-2-1-3-5-16/h1-9,18H,10-14H2,(H2,23,24,25,27). The number of aromatic nitrogens is 2. The van der Waals surface area contributed by atoms with Gasteiger partial charge in [0, 0.05) is 36.7 Å². The van der Waals surface area contributed by atoms with Crippen LogP contribution in [0.2, 0.25) is 0 Å². The number of aromatic amines is 1. The van der Waals surface area contributed by atoms with Gasteiger partial charge in [-0.15, -0.1) is 0 Å². The van der Waals surface area contributed by atoms with Crippen LogP contribution in [0.1, 0.15) is 23.5 Å². The van der Waals surface area contributed by atoms with Gasteiger partial charge >= 0.3 is 0 Å². The van der Waals surface area contributed by atoms with Crippen molar-refractivity contribution in [3.8, 4) is 11.3 Å². The van der Waals surface area contributed by atoms with Crippen molar-refractivity contribution >= 4 is 17.4 Å². The van der Waals surface area contributed by atoms with Crippen LogP contribution in [-0.2, 0) is 9.53 Å². The molecule has 1 fully saturated rings. The summed E-state index contributed by atoms with van der Waals surface area (Å²) in [5.41, 5.74) is 5.43. The lowest BCUT2D eigenvalue weighted by atomic mass is 9.84. The summed E-state index contributed by atoms with van der Waals surface area (Å²) in [7, 11) is 0. The highest BCUT2D eigenvalue weighted by Gasteiger charge is 2.32. The number of rotatable bonds is 3. The number of H-pyrrole nitrogens is 1. The van der Waals surface area contributed by atoms with Gasteiger partial charge in [0.2, 0.25) is 5.91 Å². The Labute approximate surface area is 163 Å². The molecule has 0 saturated carbocycles. The molecule has 0 bridgehead atoms. The summed E-state index contributed by atoms with van der Waals surface area (Å²) >= 11 is 0. The normalized spacial score (nSPS) is 19.2. The smallest absolute Gasteiger partial charge is 0.226 e. The van der Waals surface area contributed by atoms with Crippen LogP contribution < -0.4 is 10.2 Å². The van der Waals surface area contributed by atoms with E-state index in [0.29, 0.717) is 12.2 Å². The van der Waals surface area contributed by atoms with Crippen LogP contribution in [0.3, 0.4) is 0 Å². The molecule has 0 spiro atoms. The summed E-state index contributed by atoms with van der Waals surface area (Å²) in [6.45, 7) is 3.36. The Balaban J connectivity index is 1.51. The van der Waals surface area contributed by atoms with Gasteiger partial charge in [0.05, 0.1) is 18.9 Å². The summed E-state index contributed by atoms with van der Waals surface area (Å²) in [6, 6.07) is 18.7. The average Bonchev–Trinajstić information content (AvgIpc) is 3.18. The first-order valence-electron chi connectivity index (χ1n) is 9.66. The van der Waals surface area contributed by atoms with Crippen molar-refractivity contribution in [2.75, 3.05) is 36.5 Å². The second-order valence-corrected chi connectivity index (χ2v) is 7.22. The number of nitrogens with one attached hydrogen (secondary N) is 2. The third kappa shape index (κ3) is 3.05. The molecule has 1 amide bonds. The monoisotopic (exact) mass is 374 g/mol. The van der Waals surface area contributed by atoms with Gasteiger partial charge in [0.1, 0.15) is 0 Å². The summed E-state index contributed by atoms with van der Waals surface area (Å²) in [5, 5.41) is 10.4. The predicted octanol–water partition coefficient (Wildman–Crippen LogP) is 3.39. The Morgan fingerprint density at radius 1 is 1.00 bits per heavy atom. The number of anilines is 2. The minimum atomic E-state index is -0.0172. The molecule has 6 nitrogen and oxygen atoms in total. The maximum absolute atomic E-state index is 12.3. The second-order valence-electron chi connectivity index (χ2n) is 7.22. The quantitative estimate of drug-likeness (QED) is 0.737. The van der Waals surface area contributed by atoms with Crippen molar-refractivity contribution in [3.63, 3.8) is 0 Å². The number of hydrogen-bond acceptors (Lipinski definition) is 4. The van der Waals surface area contributed by atoms with E-state index in [1.54, 1.807) is 0 Å². The zero-order valence-electron chi connectivity index (χ0n) is 15.5. The zero-order valence-corrected chi connectivity index (χ0v) is 15.5. The Morgan fingerprint density at radius 3 is 2.50 bits per heavy atom. The highest BCUT2D eigenvalue weighted by Crippen LogP contribution is 2.41. The molecule has 6 heteroatoms. The first kappa shape index (κ1) is 17.0. The molecule has 142 valence electrons. The number of carbonyl (C=O) groups is 1. The zero-order chi connectivity index (χ0) is 18.9. The van der Waals surface area contributed by atoms with E-state index in [0.717, 1.165) is 48.7 Å². The van der Waals surface area contributed by atoms with Crippen molar-refractivity contribution in [2.24, 2.45) is 0 Å². The van der Waals surface area contributed by atoms with Gasteiger partial charge in [-0.1, -0.05) is 42.5 Å². The third-order valence-corrected chi connectivity index (χ3v) is 5.53. The van der Waals surface area contributed by atoms with Crippen molar-refractivity contribution in [3.05, 3.63) is 65.7 Å². The molecular weight excluding hydrogens is 352 g/mol. The van der Waals surface area contributed by atoms with Crippen LogP contribution in [0, 0.1) is 0 Å². The van der Waals surface area contributed by atoms with Crippen molar-refractivity contribution in [2.45, 2.75) is 12.3 Å². The SMILES string of the molecule is O=C1CC(c2ccc(N3CCOCC3)cc2)c2c(n[nH]c2-c2ccccc2)N1. The van der Waals surface area contributed by atoms with E-state index in [1.165, 1.54) is 5.69 Å². The maximum Gasteiger partial charge on any atom is 0.226 e. The molecule has 2 aliphatic rings. The highest BCUT2D eigenvalue weighted by atomic mass is 16.5. The molecule has 1 atom stereocenters. The fourth-order valence-electron chi connectivity index (χ4n) is 4.10. The molecule has 2 aliphatic heterocycles. The van der Waals surface area contributed by atoms with Gasteiger partial charge in [-0.2, -0.15) is 5.10 Å². The molecule has 3 heterocycles. The number of carbonyl (C=O) groups excluding carboxylic acids is 1. The summed E-state index contributed by atoms with van der Waals surface area (Å²) in [5.74, 6) is 0.620. The molecular formula is C22H22N4O2. The van der Waals surface area contributed by atoms with E-state index in [4.69, 9.17) is 4.74 Å². The molecule has 5 rings (SSSR count). The molecule has 28 heavy (non-hydrogen) atoms. The molecule has 0 aliphatic carbocycles. The van der Waals surface area contributed by atoms with Crippen molar-refractivity contribution in [1.82, 2.24) is 10.2 Å². The van der Waals surface area contributed by atoms with Gasteiger partial charge in [0.15, 0.2) is 5.82 Å². The van der Waals surface area contributed by atoms with Crippen LogP contribution in [0.4, 0.5) is 11.5 Å².